The Morgan fingerprint density at radius 3 is 2.96 bits per heavy atom. The molecule has 1 heterocycles. The average Bonchev–Trinajstić information content (AvgIpc) is 2.53. The molecular formula is C19H25ClN2O. The lowest BCUT2D eigenvalue weighted by Crippen LogP contribution is -2.51. The standard InChI is InChI=1S/C19H25ClN2O/c1-4-11-22-12-6-5-10-17(22)18(23)21-14-19(2,3)15-8-7-9-16(20)13-15/h1,7-9,13,17H,5-6,10-12,14H2,2-3H3,(H,21,23). The van der Waals surface area contributed by atoms with Crippen LogP contribution in [0.4, 0.5) is 0 Å². The number of amides is 1. The summed E-state index contributed by atoms with van der Waals surface area (Å²) in [7, 11) is 0. The Bertz CT molecular complexity index is 591. The summed E-state index contributed by atoms with van der Waals surface area (Å²) < 4.78 is 0. The highest BCUT2D eigenvalue weighted by Gasteiger charge is 2.29. The van der Waals surface area contributed by atoms with E-state index in [1.54, 1.807) is 0 Å². The van der Waals surface area contributed by atoms with Gasteiger partial charge in [-0.25, -0.2) is 0 Å². The van der Waals surface area contributed by atoms with E-state index in [1.807, 2.05) is 24.3 Å². The van der Waals surface area contributed by atoms with Crippen molar-refractivity contribution in [3.05, 3.63) is 34.9 Å². The number of hydrogen-bond donors (Lipinski definition) is 1. The molecule has 0 saturated carbocycles. The first-order valence-electron chi connectivity index (χ1n) is 8.15. The molecule has 4 heteroatoms. The van der Waals surface area contributed by atoms with Crippen molar-refractivity contribution in [2.75, 3.05) is 19.6 Å². The molecule has 3 nitrogen and oxygen atoms in total. The van der Waals surface area contributed by atoms with Gasteiger partial charge in [0.25, 0.3) is 0 Å². The number of carbonyl (C=O) groups is 1. The van der Waals surface area contributed by atoms with Crippen LogP contribution in [0.3, 0.4) is 0 Å². The maximum atomic E-state index is 12.6. The molecule has 0 bridgehead atoms. The van der Waals surface area contributed by atoms with Crippen LogP contribution in [0.15, 0.2) is 24.3 Å². The van der Waals surface area contributed by atoms with Crippen LogP contribution in [0, 0.1) is 12.3 Å². The van der Waals surface area contributed by atoms with Gasteiger partial charge in [0.1, 0.15) is 0 Å². The molecule has 0 radical (unpaired) electrons. The summed E-state index contributed by atoms with van der Waals surface area (Å²) in [5, 5.41) is 3.82. The molecule has 0 aromatic heterocycles. The molecule has 1 N–H and O–H groups in total. The molecule has 1 unspecified atom stereocenters. The minimum absolute atomic E-state index is 0.0788. The molecule has 2 rings (SSSR count). The lowest BCUT2D eigenvalue weighted by atomic mass is 9.84. The van der Waals surface area contributed by atoms with Crippen molar-refractivity contribution in [2.45, 2.75) is 44.6 Å². The molecule has 1 aromatic carbocycles. The van der Waals surface area contributed by atoms with Gasteiger partial charge in [-0.05, 0) is 37.1 Å². The zero-order valence-electron chi connectivity index (χ0n) is 13.9. The van der Waals surface area contributed by atoms with Gasteiger partial charge in [-0.1, -0.05) is 49.9 Å². The molecule has 1 saturated heterocycles. The summed E-state index contributed by atoms with van der Waals surface area (Å²) in [6.07, 6.45) is 8.49. The zero-order valence-corrected chi connectivity index (χ0v) is 14.7. The van der Waals surface area contributed by atoms with Gasteiger partial charge in [-0.15, -0.1) is 6.42 Å². The monoisotopic (exact) mass is 332 g/mol. The van der Waals surface area contributed by atoms with Crippen LogP contribution in [0.5, 0.6) is 0 Å². The van der Waals surface area contributed by atoms with E-state index < -0.39 is 0 Å². The van der Waals surface area contributed by atoms with E-state index in [2.05, 4.69) is 30.0 Å². The van der Waals surface area contributed by atoms with Crippen molar-refractivity contribution < 1.29 is 4.79 Å². The number of nitrogens with zero attached hydrogens (tertiary/aromatic N) is 1. The van der Waals surface area contributed by atoms with Gasteiger partial charge >= 0.3 is 0 Å². The summed E-state index contributed by atoms with van der Waals surface area (Å²) in [5.41, 5.74) is 0.945. The number of carbonyl (C=O) groups excluding carboxylic acids is 1. The Labute approximate surface area is 144 Å². The first kappa shape index (κ1) is 17.8. The Kier molecular flexibility index (Phi) is 6.10. The highest BCUT2D eigenvalue weighted by Crippen LogP contribution is 2.25. The van der Waals surface area contributed by atoms with E-state index >= 15 is 0 Å². The van der Waals surface area contributed by atoms with E-state index in [1.165, 1.54) is 0 Å². The van der Waals surface area contributed by atoms with Gasteiger partial charge < -0.3 is 5.32 Å². The predicted octanol–water partition coefficient (Wildman–Crippen LogP) is 3.22. The van der Waals surface area contributed by atoms with Crippen LogP contribution in [0.2, 0.25) is 5.02 Å². The number of piperidine rings is 1. The molecule has 1 amide bonds. The quantitative estimate of drug-likeness (QED) is 0.840. The van der Waals surface area contributed by atoms with Crippen LogP contribution in [0.1, 0.15) is 38.7 Å². The second kappa shape index (κ2) is 7.86. The summed E-state index contributed by atoms with van der Waals surface area (Å²) in [6.45, 7) is 6.24. The number of halogens is 1. The van der Waals surface area contributed by atoms with E-state index in [9.17, 15) is 4.79 Å². The SMILES string of the molecule is C#CCN1CCCCC1C(=O)NCC(C)(C)c1cccc(Cl)c1. The van der Waals surface area contributed by atoms with Crippen molar-refractivity contribution in [1.82, 2.24) is 10.2 Å². The molecule has 1 fully saturated rings. The molecule has 0 spiro atoms. The fraction of sp³-hybridized carbons (Fsp3) is 0.526. The van der Waals surface area contributed by atoms with E-state index in [-0.39, 0.29) is 17.4 Å². The number of hydrogen-bond acceptors (Lipinski definition) is 2. The number of nitrogens with one attached hydrogen (secondary N) is 1. The normalized spacial score (nSPS) is 19.1. The van der Waals surface area contributed by atoms with Gasteiger partial charge in [0.15, 0.2) is 0 Å². The Hall–Kier alpha value is -1.50. The molecule has 23 heavy (non-hydrogen) atoms. The third-order valence-electron chi connectivity index (χ3n) is 4.52. The highest BCUT2D eigenvalue weighted by atomic mass is 35.5. The van der Waals surface area contributed by atoms with Crippen molar-refractivity contribution in [3.63, 3.8) is 0 Å². The zero-order chi connectivity index (χ0) is 16.9. The van der Waals surface area contributed by atoms with Gasteiger partial charge in [0.05, 0.1) is 12.6 Å². The van der Waals surface area contributed by atoms with Crippen LogP contribution < -0.4 is 5.32 Å². The fourth-order valence-corrected chi connectivity index (χ4v) is 3.22. The Balaban J connectivity index is 1.98. The number of likely N-dealkylation sites (tertiary alicyclic amines) is 1. The topological polar surface area (TPSA) is 32.3 Å². The Morgan fingerprint density at radius 1 is 1.48 bits per heavy atom. The third-order valence-corrected chi connectivity index (χ3v) is 4.76. The second-order valence-electron chi connectivity index (χ2n) is 6.80. The van der Waals surface area contributed by atoms with E-state index in [0.717, 1.165) is 36.4 Å². The molecule has 1 aromatic rings. The van der Waals surface area contributed by atoms with Crippen molar-refractivity contribution in [1.29, 1.82) is 0 Å². The molecule has 0 aliphatic carbocycles. The first-order valence-corrected chi connectivity index (χ1v) is 8.53. The maximum absolute atomic E-state index is 12.6. The maximum Gasteiger partial charge on any atom is 0.237 e. The third kappa shape index (κ3) is 4.73. The molecule has 1 aliphatic rings. The van der Waals surface area contributed by atoms with Crippen LogP contribution in [0.25, 0.3) is 0 Å². The number of rotatable bonds is 5. The Morgan fingerprint density at radius 2 is 2.26 bits per heavy atom. The predicted molar refractivity (Wildman–Crippen MR) is 95.5 cm³/mol. The average molecular weight is 333 g/mol. The summed E-state index contributed by atoms with van der Waals surface area (Å²) >= 11 is 6.08. The first-order chi connectivity index (χ1) is 10.9. The van der Waals surface area contributed by atoms with Crippen LogP contribution in [-0.4, -0.2) is 36.5 Å². The van der Waals surface area contributed by atoms with Gasteiger partial charge in [-0.3, -0.25) is 9.69 Å². The molecule has 1 aliphatic heterocycles. The smallest absolute Gasteiger partial charge is 0.237 e. The minimum Gasteiger partial charge on any atom is -0.354 e. The van der Waals surface area contributed by atoms with Crippen molar-refractivity contribution in [3.8, 4) is 12.3 Å². The summed E-state index contributed by atoms with van der Waals surface area (Å²) in [6, 6.07) is 7.70. The molecular weight excluding hydrogens is 308 g/mol. The lowest BCUT2D eigenvalue weighted by Gasteiger charge is -2.34. The number of terminal acetylenes is 1. The van der Waals surface area contributed by atoms with E-state index in [0.29, 0.717) is 13.1 Å². The second-order valence-corrected chi connectivity index (χ2v) is 7.23. The summed E-state index contributed by atoms with van der Waals surface area (Å²) in [5.74, 6) is 2.74. The lowest BCUT2D eigenvalue weighted by molar-refractivity contribution is -0.127. The van der Waals surface area contributed by atoms with Crippen molar-refractivity contribution in [2.24, 2.45) is 0 Å². The van der Waals surface area contributed by atoms with Crippen LogP contribution >= 0.6 is 11.6 Å². The van der Waals surface area contributed by atoms with Gasteiger partial charge in [-0.2, -0.15) is 0 Å². The summed E-state index contributed by atoms with van der Waals surface area (Å²) in [4.78, 5) is 14.7. The largest absolute Gasteiger partial charge is 0.354 e. The van der Waals surface area contributed by atoms with Crippen LogP contribution in [-0.2, 0) is 10.2 Å². The fourth-order valence-electron chi connectivity index (χ4n) is 3.03. The van der Waals surface area contributed by atoms with E-state index in [4.69, 9.17) is 18.0 Å². The van der Waals surface area contributed by atoms with Gasteiger partial charge in [0.2, 0.25) is 5.91 Å². The molecule has 124 valence electrons. The highest BCUT2D eigenvalue weighted by molar-refractivity contribution is 6.30. The van der Waals surface area contributed by atoms with Gasteiger partial charge in [0, 0.05) is 17.0 Å². The number of benzene rings is 1. The molecule has 1 atom stereocenters. The minimum atomic E-state index is -0.174. The van der Waals surface area contributed by atoms with Crippen molar-refractivity contribution >= 4 is 17.5 Å².